The molecule has 3 nitrogen and oxygen atoms in total. The first-order chi connectivity index (χ1) is 8.52. The molecule has 4 heteroatoms. The Morgan fingerprint density at radius 2 is 1.89 bits per heavy atom. The van der Waals surface area contributed by atoms with Gasteiger partial charge in [0.15, 0.2) is 0 Å². The largest absolute Gasteiger partial charge is 0.496 e. The molecule has 0 spiro atoms. The predicted octanol–water partition coefficient (Wildman–Crippen LogP) is 3.61. The average molecular weight is 263 g/mol. The van der Waals surface area contributed by atoms with E-state index in [1.54, 1.807) is 19.4 Å². The van der Waals surface area contributed by atoms with Crippen molar-refractivity contribution in [2.45, 2.75) is 13.8 Å². The first kappa shape index (κ1) is 12.7. The highest BCUT2D eigenvalue weighted by molar-refractivity contribution is 6.30. The molecular formula is C14H15ClN2O. The van der Waals surface area contributed by atoms with E-state index in [1.165, 1.54) is 0 Å². The van der Waals surface area contributed by atoms with Gasteiger partial charge in [-0.1, -0.05) is 11.6 Å². The van der Waals surface area contributed by atoms with Gasteiger partial charge < -0.3 is 10.5 Å². The zero-order valence-electron chi connectivity index (χ0n) is 10.6. The minimum Gasteiger partial charge on any atom is -0.496 e. The number of methoxy groups -OCH3 is 1. The molecule has 0 bridgehead atoms. The summed E-state index contributed by atoms with van der Waals surface area (Å²) >= 11 is 5.86. The van der Waals surface area contributed by atoms with Crippen LogP contribution in [-0.2, 0) is 0 Å². The average Bonchev–Trinajstić information content (AvgIpc) is 2.32. The van der Waals surface area contributed by atoms with E-state index in [1.807, 2.05) is 26.0 Å². The number of anilines is 1. The van der Waals surface area contributed by atoms with Gasteiger partial charge in [0.05, 0.1) is 23.5 Å². The number of hydrogen-bond donors (Lipinski definition) is 1. The third-order valence-corrected chi connectivity index (χ3v) is 3.09. The summed E-state index contributed by atoms with van der Waals surface area (Å²) in [7, 11) is 1.66. The highest BCUT2D eigenvalue weighted by Gasteiger charge is 2.11. The third kappa shape index (κ3) is 2.27. The van der Waals surface area contributed by atoms with Gasteiger partial charge in [0, 0.05) is 11.8 Å². The minimum atomic E-state index is 0.541. The number of benzene rings is 1. The molecule has 1 aromatic heterocycles. The van der Waals surface area contributed by atoms with Crippen LogP contribution >= 0.6 is 11.6 Å². The van der Waals surface area contributed by atoms with E-state index in [-0.39, 0.29) is 0 Å². The third-order valence-electron chi connectivity index (χ3n) is 2.88. The standard InChI is InChI=1S/C14H15ClN2O/c1-8-5-13(18-3)9(2)4-11(8)14-12(16)6-10(15)7-17-14/h4-7H,16H2,1-3H3. The fraction of sp³-hybridized carbons (Fsp3) is 0.214. The summed E-state index contributed by atoms with van der Waals surface area (Å²) in [6.45, 7) is 4.00. The van der Waals surface area contributed by atoms with Crippen LogP contribution < -0.4 is 10.5 Å². The fourth-order valence-corrected chi connectivity index (χ4v) is 2.11. The van der Waals surface area contributed by atoms with Crippen molar-refractivity contribution < 1.29 is 4.74 Å². The smallest absolute Gasteiger partial charge is 0.122 e. The van der Waals surface area contributed by atoms with E-state index < -0.39 is 0 Å². The molecule has 1 heterocycles. The van der Waals surface area contributed by atoms with Gasteiger partial charge in [0.2, 0.25) is 0 Å². The van der Waals surface area contributed by atoms with Crippen molar-refractivity contribution in [3.63, 3.8) is 0 Å². The van der Waals surface area contributed by atoms with Gasteiger partial charge in [-0.15, -0.1) is 0 Å². The summed E-state index contributed by atoms with van der Waals surface area (Å²) in [5.41, 5.74) is 10.4. The quantitative estimate of drug-likeness (QED) is 0.899. The van der Waals surface area contributed by atoms with E-state index in [4.69, 9.17) is 22.1 Å². The van der Waals surface area contributed by atoms with Gasteiger partial charge in [0.1, 0.15) is 5.75 Å². The van der Waals surface area contributed by atoms with E-state index in [0.29, 0.717) is 10.7 Å². The second-order valence-corrected chi connectivity index (χ2v) is 4.66. The SMILES string of the molecule is COc1cc(C)c(-c2ncc(Cl)cc2N)cc1C. The van der Waals surface area contributed by atoms with Crippen molar-refractivity contribution in [1.29, 1.82) is 0 Å². The van der Waals surface area contributed by atoms with Crippen LogP contribution in [0.5, 0.6) is 5.75 Å². The molecule has 0 atom stereocenters. The van der Waals surface area contributed by atoms with Gasteiger partial charge in [-0.3, -0.25) is 4.98 Å². The molecule has 18 heavy (non-hydrogen) atoms. The summed E-state index contributed by atoms with van der Waals surface area (Å²) in [6, 6.07) is 5.73. The molecule has 2 rings (SSSR count). The molecule has 0 unspecified atom stereocenters. The van der Waals surface area contributed by atoms with Crippen molar-refractivity contribution in [1.82, 2.24) is 4.98 Å². The summed E-state index contributed by atoms with van der Waals surface area (Å²) in [6.07, 6.45) is 1.60. The van der Waals surface area contributed by atoms with E-state index >= 15 is 0 Å². The minimum absolute atomic E-state index is 0.541. The Kier molecular flexibility index (Phi) is 3.43. The second-order valence-electron chi connectivity index (χ2n) is 4.23. The molecule has 94 valence electrons. The molecule has 0 aliphatic carbocycles. The van der Waals surface area contributed by atoms with Crippen LogP contribution in [0.25, 0.3) is 11.3 Å². The number of nitrogen functional groups attached to an aromatic ring is 1. The first-order valence-electron chi connectivity index (χ1n) is 5.59. The topological polar surface area (TPSA) is 48.1 Å². The van der Waals surface area contributed by atoms with Gasteiger partial charge in [-0.25, -0.2) is 0 Å². The molecular weight excluding hydrogens is 248 g/mol. The molecule has 2 aromatic rings. The first-order valence-corrected chi connectivity index (χ1v) is 5.97. The van der Waals surface area contributed by atoms with Crippen molar-refractivity contribution in [2.24, 2.45) is 0 Å². The second kappa shape index (κ2) is 4.86. The van der Waals surface area contributed by atoms with Crippen LogP contribution in [0, 0.1) is 13.8 Å². The number of halogens is 1. The Balaban J connectivity index is 2.60. The molecule has 0 amide bonds. The molecule has 0 saturated carbocycles. The van der Waals surface area contributed by atoms with Gasteiger partial charge in [0.25, 0.3) is 0 Å². The fourth-order valence-electron chi connectivity index (χ4n) is 1.94. The number of rotatable bonds is 2. The van der Waals surface area contributed by atoms with E-state index in [2.05, 4.69) is 4.98 Å². The number of hydrogen-bond acceptors (Lipinski definition) is 3. The number of ether oxygens (including phenoxy) is 1. The molecule has 1 aromatic carbocycles. The number of nitrogens with zero attached hydrogens (tertiary/aromatic N) is 1. The van der Waals surface area contributed by atoms with Crippen LogP contribution in [-0.4, -0.2) is 12.1 Å². The van der Waals surface area contributed by atoms with Crippen LogP contribution in [0.3, 0.4) is 0 Å². The number of pyridine rings is 1. The molecule has 2 N–H and O–H groups in total. The Labute approximate surface area is 112 Å². The van der Waals surface area contributed by atoms with Crippen LogP contribution in [0.15, 0.2) is 24.4 Å². The lowest BCUT2D eigenvalue weighted by Crippen LogP contribution is -1.97. The predicted molar refractivity (Wildman–Crippen MR) is 75.1 cm³/mol. The highest BCUT2D eigenvalue weighted by Crippen LogP contribution is 2.32. The lowest BCUT2D eigenvalue weighted by Gasteiger charge is -2.12. The molecule has 0 aliphatic rings. The normalized spacial score (nSPS) is 10.4. The van der Waals surface area contributed by atoms with Gasteiger partial charge >= 0.3 is 0 Å². The lowest BCUT2D eigenvalue weighted by atomic mass is 10.0. The van der Waals surface area contributed by atoms with E-state index in [0.717, 1.165) is 28.1 Å². The van der Waals surface area contributed by atoms with Gasteiger partial charge in [-0.2, -0.15) is 0 Å². The Morgan fingerprint density at radius 1 is 1.17 bits per heavy atom. The van der Waals surface area contributed by atoms with Crippen LogP contribution in [0.1, 0.15) is 11.1 Å². The Morgan fingerprint density at radius 3 is 2.50 bits per heavy atom. The van der Waals surface area contributed by atoms with Gasteiger partial charge in [-0.05, 0) is 43.2 Å². The highest BCUT2D eigenvalue weighted by atomic mass is 35.5. The molecule has 0 radical (unpaired) electrons. The molecule has 0 fully saturated rings. The monoisotopic (exact) mass is 262 g/mol. The Bertz CT molecular complexity index is 597. The zero-order chi connectivity index (χ0) is 13.3. The number of aryl methyl sites for hydroxylation is 2. The zero-order valence-corrected chi connectivity index (χ0v) is 11.4. The van der Waals surface area contributed by atoms with Crippen LogP contribution in [0.4, 0.5) is 5.69 Å². The maximum absolute atomic E-state index is 5.96. The van der Waals surface area contributed by atoms with Crippen molar-refractivity contribution in [3.05, 3.63) is 40.5 Å². The van der Waals surface area contributed by atoms with Crippen LogP contribution in [0.2, 0.25) is 5.02 Å². The summed E-state index contributed by atoms with van der Waals surface area (Å²) in [5.74, 6) is 0.865. The summed E-state index contributed by atoms with van der Waals surface area (Å²) < 4.78 is 5.29. The number of nitrogens with two attached hydrogens (primary N) is 1. The van der Waals surface area contributed by atoms with Crippen molar-refractivity contribution in [3.8, 4) is 17.0 Å². The van der Waals surface area contributed by atoms with E-state index in [9.17, 15) is 0 Å². The Hall–Kier alpha value is -1.74. The maximum atomic E-state index is 5.96. The number of aromatic nitrogens is 1. The summed E-state index contributed by atoms with van der Waals surface area (Å²) in [4.78, 5) is 4.31. The van der Waals surface area contributed by atoms with Crippen molar-refractivity contribution >= 4 is 17.3 Å². The maximum Gasteiger partial charge on any atom is 0.122 e. The van der Waals surface area contributed by atoms with Crippen molar-refractivity contribution in [2.75, 3.05) is 12.8 Å². The summed E-state index contributed by atoms with van der Waals surface area (Å²) in [5, 5.41) is 0.541. The molecule has 0 aliphatic heterocycles. The molecule has 0 saturated heterocycles. The lowest BCUT2D eigenvalue weighted by molar-refractivity contribution is 0.411.